The van der Waals surface area contributed by atoms with Crippen LogP contribution in [0.25, 0.3) is 10.9 Å². The van der Waals surface area contributed by atoms with E-state index in [1.807, 2.05) is 28.8 Å². The van der Waals surface area contributed by atoms with E-state index in [9.17, 15) is 4.79 Å². The molecule has 1 aliphatic rings. The number of nitrogens with zero attached hydrogens (tertiary/aromatic N) is 2. The number of hydrogen-bond donors (Lipinski definition) is 0. The van der Waals surface area contributed by atoms with Crippen LogP contribution < -0.4 is 5.43 Å². The van der Waals surface area contributed by atoms with Gasteiger partial charge in [-0.3, -0.25) is 4.79 Å². The molecule has 5 heteroatoms. The Kier molecular flexibility index (Phi) is 5.06. The van der Waals surface area contributed by atoms with E-state index in [2.05, 4.69) is 0 Å². The standard InChI is InChI=1S/C18H20N2O3/c19-12-14-13-20(16-7-2-1-6-15(16)18(14)21)9-5-11-23-17-8-3-4-10-22-17/h1-2,6-7,13,17H,3-5,8-11H2/t17-/m1/s1. The first kappa shape index (κ1) is 15.7. The van der Waals surface area contributed by atoms with Crippen molar-refractivity contribution in [2.45, 2.75) is 38.5 Å². The minimum absolute atomic E-state index is 0.0795. The highest BCUT2D eigenvalue weighted by molar-refractivity contribution is 5.80. The van der Waals surface area contributed by atoms with Gasteiger partial charge in [-0.05, 0) is 37.8 Å². The van der Waals surface area contributed by atoms with Gasteiger partial charge >= 0.3 is 0 Å². The molecule has 0 spiro atoms. The van der Waals surface area contributed by atoms with Crippen LogP contribution in [0.3, 0.4) is 0 Å². The van der Waals surface area contributed by atoms with Gasteiger partial charge in [0, 0.05) is 24.7 Å². The van der Waals surface area contributed by atoms with Gasteiger partial charge in [0.15, 0.2) is 6.29 Å². The van der Waals surface area contributed by atoms with Crippen LogP contribution in [-0.2, 0) is 16.0 Å². The van der Waals surface area contributed by atoms with Crippen LogP contribution in [0, 0.1) is 11.3 Å². The predicted octanol–water partition coefficient (Wildman–Crippen LogP) is 2.81. The van der Waals surface area contributed by atoms with Crippen molar-refractivity contribution in [1.82, 2.24) is 4.57 Å². The first-order valence-corrected chi connectivity index (χ1v) is 8.05. The van der Waals surface area contributed by atoms with Crippen molar-refractivity contribution in [3.05, 3.63) is 46.2 Å². The summed E-state index contributed by atoms with van der Waals surface area (Å²) in [5, 5.41) is 9.73. The lowest BCUT2D eigenvalue weighted by molar-refractivity contribution is -0.162. The lowest BCUT2D eigenvalue weighted by Crippen LogP contribution is -2.23. The zero-order valence-corrected chi connectivity index (χ0v) is 13.0. The molecule has 1 aromatic carbocycles. The van der Waals surface area contributed by atoms with E-state index in [0.717, 1.165) is 37.8 Å². The summed E-state index contributed by atoms with van der Waals surface area (Å²) < 4.78 is 13.2. The number of fused-ring (bicyclic) bond motifs is 1. The van der Waals surface area contributed by atoms with Gasteiger partial charge in [0.25, 0.3) is 0 Å². The van der Waals surface area contributed by atoms with Crippen LogP contribution in [0.4, 0.5) is 0 Å². The van der Waals surface area contributed by atoms with Gasteiger partial charge in [-0.25, -0.2) is 0 Å². The maximum atomic E-state index is 12.2. The van der Waals surface area contributed by atoms with Crippen molar-refractivity contribution in [2.75, 3.05) is 13.2 Å². The molecule has 0 radical (unpaired) electrons. The lowest BCUT2D eigenvalue weighted by Gasteiger charge is -2.22. The van der Waals surface area contributed by atoms with Crippen LogP contribution >= 0.6 is 0 Å². The molecule has 0 aliphatic carbocycles. The molecule has 0 saturated carbocycles. The third-order valence-electron chi connectivity index (χ3n) is 4.09. The molecule has 1 atom stereocenters. The predicted molar refractivity (Wildman–Crippen MR) is 87.1 cm³/mol. The summed E-state index contributed by atoms with van der Waals surface area (Å²) in [5.41, 5.74) is 0.830. The fraction of sp³-hybridized carbons (Fsp3) is 0.444. The molecule has 1 saturated heterocycles. The highest BCUT2D eigenvalue weighted by Crippen LogP contribution is 2.15. The van der Waals surface area contributed by atoms with Crippen LogP contribution in [0.5, 0.6) is 0 Å². The molecule has 1 fully saturated rings. The van der Waals surface area contributed by atoms with E-state index >= 15 is 0 Å². The van der Waals surface area contributed by atoms with E-state index in [0.29, 0.717) is 18.5 Å². The number of pyridine rings is 1. The first-order chi connectivity index (χ1) is 11.3. The van der Waals surface area contributed by atoms with E-state index in [4.69, 9.17) is 14.7 Å². The Morgan fingerprint density at radius 3 is 3.00 bits per heavy atom. The van der Waals surface area contributed by atoms with Crippen molar-refractivity contribution in [3.8, 4) is 6.07 Å². The van der Waals surface area contributed by atoms with Gasteiger partial charge in [-0.2, -0.15) is 5.26 Å². The van der Waals surface area contributed by atoms with Gasteiger partial charge in [0.2, 0.25) is 5.43 Å². The highest BCUT2D eigenvalue weighted by Gasteiger charge is 2.13. The summed E-state index contributed by atoms with van der Waals surface area (Å²) in [6.45, 7) is 2.08. The number of para-hydroxylation sites is 1. The minimum atomic E-state index is -0.203. The van der Waals surface area contributed by atoms with Crippen molar-refractivity contribution in [1.29, 1.82) is 5.26 Å². The third kappa shape index (κ3) is 3.61. The highest BCUT2D eigenvalue weighted by atomic mass is 16.7. The minimum Gasteiger partial charge on any atom is -0.353 e. The third-order valence-corrected chi connectivity index (χ3v) is 4.09. The van der Waals surface area contributed by atoms with Crippen LogP contribution in [-0.4, -0.2) is 24.1 Å². The molecule has 5 nitrogen and oxygen atoms in total. The topological polar surface area (TPSA) is 64.2 Å². The fourth-order valence-electron chi connectivity index (χ4n) is 2.90. The normalized spacial score (nSPS) is 18.0. The Morgan fingerprint density at radius 2 is 2.22 bits per heavy atom. The zero-order chi connectivity index (χ0) is 16.1. The number of aryl methyl sites for hydroxylation is 1. The van der Waals surface area contributed by atoms with E-state index in [1.54, 1.807) is 12.3 Å². The summed E-state index contributed by atoms with van der Waals surface area (Å²) in [5.74, 6) is 0. The van der Waals surface area contributed by atoms with Crippen LogP contribution in [0.2, 0.25) is 0 Å². The summed E-state index contributed by atoms with van der Waals surface area (Å²) in [6, 6.07) is 9.37. The SMILES string of the molecule is N#Cc1cn(CCCO[C@@H]2CCCCO2)c2ccccc2c1=O. The summed E-state index contributed by atoms with van der Waals surface area (Å²) in [6.07, 6.45) is 5.59. The number of benzene rings is 1. The molecular formula is C18H20N2O3. The summed E-state index contributed by atoms with van der Waals surface area (Å²) in [7, 11) is 0. The Balaban J connectivity index is 1.69. The van der Waals surface area contributed by atoms with E-state index < -0.39 is 0 Å². The maximum Gasteiger partial charge on any atom is 0.207 e. The quantitative estimate of drug-likeness (QED) is 0.796. The van der Waals surface area contributed by atoms with Gasteiger partial charge in [0.05, 0.1) is 12.1 Å². The molecule has 1 aliphatic heterocycles. The van der Waals surface area contributed by atoms with Crippen LogP contribution in [0.15, 0.2) is 35.3 Å². The molecule has 0 unspecified atom stereocenters. The maximum absolute atomic E-state index is 12.2. The second-order valence-corrected chi connectivity index (χ2v) is 5.71. The van der Waals surface area contributed by atoms with Crippen LogP contribution in [0.1, 0.15) is 31.2 Å². The molecule has 0 bridgehead atoms. The molecule has 2 aromatic rings. The van der Waals surface area contributed by atoms with Crippen molar-refractivity contribution < 1.29 is 9.47 Å². The fourth-order valence-corrected chi connectivity index (χ4v) is 2.90. The van der Waals surface area contributed by atoms with Gasteiger partial charge in [0.1, 0.15) is 11.6 Å². The molecular weight excluding hydrogens is 292 g/mol. The lowest BCUT2D eigenvalue weighted by atomic mass is 10.1. The van der Waals surface area contributed by atoms with Gasteiger partial charge < -0.3 is 14.0 Å². The second-order valence-electron chi connectivity index (χ2n) is 5.71. The molecule has 2 heterocycles. The Bertz CT molecular complexity index is 770. The smallest absolute Gasteiger partial charge is 0.207 e. The molecule has 23 heavy (non-hydrogen) atoms. The number of rotatable bonds is 5. The van der Waals surface area contributed by atoms with Crippen molar-refractivity contribution in [2.24, 2.45) is 0 Å². The Labute approximate surface area is 135 Å². The number of aromatic nitrogens is 1. The van der Waals surface area contributed by atoms with Gasteiger partial charge in [-0.1, -0.05) is 12.1 Å². The molecule has 120 valence electrons. The first-order valence-electron chi connectivity index (χ1n) is 8.05. The molecule has 0 N–H and O–H groups in total. The zero-order valence-electron chi connectivity index (χ0n) is 13.0. The Morgan fingerprint density at radius 1 is 1.35 bits per heavy atom. The van der Waals surface area contributed by atoms with Gasteiger partial charge in [-0.15, -0.1) is 0 Å². The average molecular weight is 312 g/mol. The second kappa shape index (κ2) is 7.40. The molecule has 1 aromatic heterocycles. The summed E-state index contributed by atoms with van der Waals surface area (Å²) >= 11 is 0. The number of hydrogen-bond acceptors (Lipinski definition) is 4. The van der Waals surface area contributed by atoms with E-state index in [-0.39, 0.29) is 17.3 Å². The molecule has 3 rings (SSSR count). The average Bonchev–Trinajstić information content (AvgIpc) is 2.61. The largest absolute Gasteiger partial charge is 0.353 e. The number of nitriles is 1. The monoisotopic (exact) mass is 312 g/mol. The van der Waals surface area contributed by atoms with Crippen molar-refractivity contribution in [3.63, 3.8) is 0 Å². The van der Waals surface area contributed by atoms with E-state index in [1.165, 1.54) is 0 Å². The Hall–Kier alpha value is -2.16. The molecule has 0 amide bonds. The van der Waals surface area contributed by atoms with Crippen molar-refractivity contribution >= 4 is 10.9 Å². The summed E-state index contributed by atoms with van der Waals surface area (Å²) in [4.78, 5) is 12.2. The number of ether oxygens (including phenoxy) is 2.